The van der Waals surface area contributed by atoms with Gasteiger partial charge in [0.15, 0.2) is 0 Å². The maximum absolute atomic E-state index is 12.3. The molecule has 0 saturated carbocycles. The van der Waals surface area contributed by atoms with Gasteiger partial charge in [0.05, 0.1) is 6.61 Å². The lowest BCUT2D eigenvalue weighted by molar-refractivity contribution is 0.102. The summed E-state index contributed by atoms with van der Waals surface area (Å²) in [5, 5.41) is 6.03. The zero-order chi connectivity index (χ0) is 17.2. The highest BCUT2D eigenvalue weighted by atomic mass is 16.5. The van der Waals surface area contributed by atoms with Crippen LogP contribution in [0.3, 0.4) is 0 Å². The molecule has 0 aliphatic carbocycles. The van der Waals surface area contributed by atoms with Crippen molar-refractivity contribution in [3.63, 3.8) is 0 Å². The first-order chi connectivity index (χ1) is 11.7. The van der Waals surface area contributed by atoms with E-state index in [2.05, 4.69) is 27.5 Å². The van der Waals surface area contributed by atoms with Crippen LogP contribution in [0.5, 0.6) is 5.75 Å². The molecular weight excluding hydrogens is 304 g/mol. The molecule has 0 bridgehead atoms. The highest BCUT2D eigenvalue weighted by Crippen LogP contribution is 2.16. The van der Waals surface area contributed by atoms with Crippen molar-refractivity contribution in [3.8, 4) is 5.75 Å². The summed E-state index contributed by atoms with van der Waals surface area (Å²) in [6.07, 6.45) is 4.81. The Bertz CT molecular complexity index is 644. The van der Waals surface area contributed by atoms with Crippen LogP contribution in [0.25, 0.3) is 0 Å². The number of amides is 1. The van der Waals surface area contributed by atoms with Crippen LogP contribution in [0, 0.1) is 0 Å². The summed E-state index contributed by atoms with van der Waals surface area (Å²) in [4.78, 5) is 20.5. The van der Waals surface area contributed by atoms with Gasteiger partial charge in [-0.1, -0.05) is 19.8 Å². The standard InChI is InChI=1S/C18H24N4O2/c1-3-5-6-11-19-17-12-16(20-13-21-17)18(23)22-14-7-9-15(10-8-14)24-4-2/h7-10,12-13H,3-6,11H2,1-2H3,(H,22,23)(H,19,20,21). The molecule has 1 heterocycles. The number of benzene rings is 1. The van der Waals surface area contributed by atoms with Crippen molar-refractivity contribution in [2.75, 3.05) is 23.8 Å². The van der Waals surface area contributed by atoms with Gasteiger partial charge in [-0.05, 0) is 37.6 Å². The van der Waals surface area contributed by atoms with Crippen LogP contribution in [-0.2, 0) is 0 Å². The number of carbonyl (C=O) groups is 1. The smallest absolute Gasteiger partial charge is 0.274 e. The second-order valence-corrected chi connectivity index (χ2v) is 5.33. The highest BCUT2D eigenvalue weighted by Gasteiger charge is 2.09. The summed E-state index contributed by atoms with van der Waals surface area (Å²) < 4.78 is 5.38. The molecule has 24 heavy (non-hydrogen) atoms. The molecule has 2 rings (SSSR count). The number of anilines is 2. The van der Waals surface area contributed by atoms with Gasteiger partial charge >= 0.3 is 0 Å². The minimum absolute atomic E-state index is 0.266. The molecule has 0 atom stereocenters. The van der Waals surface area contributed by atoms with E-state index in [9.17, 15) is 4.79 Å². The van der Waals surface area contributed by atoms with Crippen molar-refractivity contribution in [3.05, 3.63) is 42.4 Å². The molecule has 0 radical (unpaired) electrons. The number of rotatable bonds is 9. The molecule has 2 N–H and O–H groups in total. The predicted molar refractivity (Wildman–Crippen MR) is 95.6 cm³/mol. The third kappa shape index (κ3) is 5.53. The summed E-state index contributed by atoms with van der Waals surface area (Å²) in [6, 6.07) is 8.90. The molecule has 1 aromatic heterocycles. The van der Waals surface area contributed by atoms with E-state index in [1.54, 1.807) is 18.2 Å². The summed E-state index contributed by atoms with van der Waals surface area (Å²) in [5.41, 5.74) is 1.02. The Morgan fingerprint density at radius 2 is 1.92 bits per heavy atom. The third-order valence-corrected chi connectivity index (χ3v) is 3.41. The number of unbranched alkanes of at least 4 members (excludes halogenated alkanes) is 2. The van der Waals surface area contributed by atoms with E-state index in [4.69, 9.17) is 4.74 Å². The normalized spacial score (nSPS) is 10.2. The van der Waals surface area contributed by atoms with E-state index in [0.717, 1.165) is 18.7 Å². The Kier molecular flexibility index (Phi) is 7.01. The molecule has 128 valence electrons. The molecule has 0 aliphatic heterocycles. The van der Waals surface area contributed by atoms with Crippen LogP contribution >= 0.6 is 0 Å². The van der Waals surface area contributed by atoms with Crippen molar-refractivity contribution >= 4 is 17.4 Å². The first-order valence-corrected chi connectivity index (χ1v) is 8.33. The zero-order valence-electron chi connectivity index (χ0n) is 14.2. The zero-order valence-corrected chi connectivity index (χ0v) is 14.2. The van der Waals surface area contributed by atoms with Crippen LogP contribution in [0.4, 0.5) is 11.5 Å². The van der Waals surface area contributed by atoms with E-state index in [-0.39, 0.29) is 5.91 Å². The van der Waals surface area contributed by atoms with E-state index >= 15 is 0 Å². The molecule has 0 aliphatic rings. The molecule has 1 amide bonds. The molecule has 0 spiro atoms. The Labute approximate surface area is 142 Å². The predicted octanol–water partition coefficient (Wildman–Crippen LogP) is 3.73. The minimum atomic E-state index is -0.266. The van der Waals surface area contributed by atoms with Gasteiger partial charge in [0, 0.05) is 18.3 Å². The monoisotopic (exact) mass is 328 g/mol. The Hall–Kier alpha value is -2.63. The van der Waals surface area contributed by atoms with Crippen molar-refractivity contribution in [2.45, 2.75) is 33.1 Å². The average Bonchev–Trinajstić information content (AvgIpc) is 2.61. The van der Waals surface area contributed by atoms with Crippen molar-refractivity contribution in [1.82, 2.24) is 9.97 Å². The second kappa shape index (κ2) is 9.50. The van der Waals surface area contributed by atoms with Gasteiger partial charge in [-0.25, -0.2) is 9.97 Å². The highest BCUT2D eigenvalue weighted by molar-refractivity contribution is 6.03. The van der Waals surface area contributed by atoms with Crippen LogP contribution in [-0.4, -0.2) is 29.0 Å². The number of nitrogens with one attached hydrogen (secondary N) is 2. The maximum Gasteiger partial charge on any atom is 0.274 e. The molecule has 0 fully saturated rings. The van der Waals surface area contributed by atoms with Crippen LogP contribution in [0.1, 0.15) is 43.6 Å². The number of carbonyl (C=O) groups excluding carboxylic acids is 1. The van der Waals surface area contributed by atoms with Crippen LogP contribution in [0.2, 0.25) is 0 Å². The molecular formula is C18H24N4O2. The van der Waals surface area contributed by atoms with E-state index in [0.29, 0.717) is 23.8 Å². The minimum Gasteiger partial charge on any atom is -0.494 e. The van der Waals surface area contributed by atoms with Gasteiger partial charge in [0.2, 0.25) is 0 Å². The van der Waals surface area contributed by atoms with Gasteiger partial charge < -0.3 is 15.4 Å². The van der Waals surface area contributed by atoms with Crippen molar-refractivity contribution < 1.29 is 9.53 Å². The summed E-state index contributed by atoms with van der Waals surface area (Å²) in [5.74, 6) is 1.17. The van der Waals surface area contributed by atoms with Crippen LogP contribution < -0.4 is 15.4 Å². The van der Waals surface area contributed by atoms with Gasteiger partial charge in [-0.15, -0.1) is 0 Å². The topological polar surface area (TPSA) is 76.1 Å². The van der Waals surface area contributed by atoms with Crippen molar-refractivity contribution in [1.29, 1.82) is 0 Å². The van der Waals surface area contributed by atoms with E-state index < -0.39 is 0 Å². The lowest BCUT2D eigenvalue weighted by Gasteiger charge is -2.08. The fourth-order valence-corrected chi connectivity index (χ4v) is 2.17. The molecule has 2 aromatic rings. The average molecular weight is 328 g/mol. The number of hydrogen-bond donors (Lipinski definition) is 2. The third-order valence-electron chi connectivity index (χ3n) is 3.41. The Morgan fingerprint density at radius 1 is 1.12 bits per heavy atom. The second-order valence-electron chi connectivity index (χ2n) is 5.33. The molecule has 0 unspecified atom stereocenters. The first kappa shape index (κ1) is 17.7. The summed E-state index contributed by atoms with van der Waals surface area (Å²) >= 11 is 0. The largest absolute Gasteiger partial charge is 0.494 e. The van der Waals surface area contributed by atoms with Gasteiger partial charge in [0.25, 0.3) is 5.91 Å². The quantitative estimate of drug-likeness (QED) is 0.686. The molecule has 6 nitrogen and oxygen atoms in total. The van der Waals surface area contributed by atoms with Gasteiger partial charge in [-0.3, -0.25) is 4.79 Å². The number of hydrogen-bond acceptors (Lipinski definition) is 5. The molecule has 1 aromatic carbocycles. The first-order valence-electron chi connectivity index (χ1n) is 8.33. The lowest BCUT2D eigenvalue weighted by Crippen LogP contribution is -2.15. The molecule has 0 saturated heterocycles. The van der Waals surface area contributed by atoms with Crippen molar-refractivity contribution in [2.24, 2.45) is 0 Å². The van der Waals surface area contributed by atoms with Gasteiger partial charge in [-0.2, -0.15) is 0 Å². The maximum atomic E-state index is 12.3. The summed E-state index contributed by atoms with van der Waals surface area (Å²) in [7, 11) is 0. The van der Waals surface area contributed by atoms with Gasteiger partial charge in [0.1, 0.15) is 23.6 Å². The number of nitrogens with zero attached hydrogens (tertiary/aromatic N) is 2. The fourth-order valence-electron chi connectivity index (χ4n) is 2.17. The number of aromatic nitrogens is 2. The molecule has 6 heteroatoms. The fraction of sp³-hybridized carbons (Fsp3) is 0.389. The number of ether oxygens (including phenoxy) is 1. The lowest BCUT2D eigenvalue weighted by atomic mass is 10.2. The SMILES string of the molecule is CCCCCNc1cc(C(=O)Nc2ccc(OCC)cc2)ncn1. The Morgan fingerprint density at radius 3 is 2.62 bits per heavy atom. The van der Waals surface area contributed by atoms with E-state index in [1.165, 1.54) is 19.2 Å². The Balaban J connectivity index is 1.94. The van der Waals surface area contributed by atoms with E-state index in [1.807, 2.05) is 19.1 Å². The van der Waals surface area contributed by atoms with Crippen LogP contribution in [0.15, 0.2) is 36.7 Å². The summed E-state index contributed by atoms with van der Waals surface area (Å²) in [6.45, 7) is 5.54.